The molecule has 7 heteroatoms. The molecule has 0 amide bonds. The lowest BCUT2D eigenvalue weighted by atomic mass is 9.74. The molecule has 1 N–H and O–H groups in total. The average molecular weight is 403 g/mol. The van der Waals surface area contributed by atoms with Crippen LogP contribution in [0.25, 0.3) is 0 Å². The summed E-state index contributed by atoms with van der Waals surface area (Å²) in [5.41, 5.74) is 2.42. The Morgan fingerprint density at radius 1 is 1.32 bits per heavy atom. The van der Waals surface area contributed by atoms with Crippen LogP contribution >= 0.6 is 11.3 Å². The number of hydrogen-bond acceptors (Lipinski definition) is 5. The molecule has 2 heterocycles. The number of aryl methyl sites for hydroxylation is 1. The maximum Gasteiger partial charge on any atom is 0.193 e. The zero-order valence-corrected chi connectivity index (χ0v) is 18.0. The summed E-state index contributed by atoms with van der Waals surface area (Å²) < 4.78 is 11.0. The van der Waals surface area contributed by atoms with E-state index in [1.165, 1.54) is 5.56 Å². The largest absolute Gasteiger partial charge is 0.497 e. The zero-order chi connectivity index (χ0) is 20.0. The monoisotopic (exact) mass is 402 g/mol. The molecular weight excluding hydrogens is 372 g/mol. The molecule has 1 fully saturated rings. The Morgan fingerprint density at radius 2 is 2.04 bits per heavy atom. The molecule has 1 aromatic heterocycles. The van der Waals surface area contributed by atoms with Crippen LogP contribution in [0.2, 0.25) is 0 Å². The van der Waals surface area contributed by atoms with Crippen molar-refractivity contribution in [3.8, 4) is 5.75 Å². The number of methoxy groups -OCH3 is 1. The Kier molecular flexibility index (Phi) is 6.91. The van der Waals surface area contributed by atoms with Gasteiger partial charge in [0.1, 0.15) is 5.75 Å². The van der Waals surface area contributed by atoms with Crippen molar-refractivity contribution in [3.63, 3.8) is 0 Å². The fourth-order valence-corrected chi connectivity index (χ4v) is 4.31. The molecule has 152 valence electrons. The molecule has 28 heavy (non-hydrogen) atoms. The fraction of sp³-hybridized carbons (Fsp3) is 0.524. The Balaban J connectivity index is 1.71. The molecule has 3 rings (SSSR count). The summed E-state index contributed by atoms with van der Waals surface area (Å²) in [5, 5.41) is 6.80. The normalized spacial score (nSPS) is 16.6. The van der Waals surface area contributed by atoms with E-state index in [-0.39, 0.29) is 5.41 Å². The standard InChI is InChI=1S/C21H30N4O2S/c1-16-24-18(14-28-16)13-25(3)20(22-2)23-15-21(9-11-27-12-10-21)17-5-7-19(26-4)8-6-17/h5-8,14H,9-13,15H2,1-4H3,(H,22,23). The van der Waals surface area contributed by atoms with Crippen molar-refractivity contribution in [2.24, 2.45) is 4.99 Å². The average Bonchev–Trinajstić information content (AvgIpc) is 3.13. The second-order valence-corrected chi connectivity index (χ2v) is 8.30. The number of aromatic nitrogens is 1. The Bertz CT molecular complexity index is 782. The molecule has 0 bridgehead atoms. The number of benzene rings is 1. The van der Waals surface area contributed by atoms with Gasteiger partial charge in [-0.1, -0.05) is 12.1 Å². The highest BCUT2D eigenvalue weighted by Crippen LogP contribution is 2.35. The molecular formula is C21H30N4O2S. The number of thiazole rings is 1. The third-order valence-corrected chi connectivity index (χ3v) is 6.20. The van der Waals surface area contributed by atoms with Gasteiger partial charge in [0.2, 0.25) is 0 Å². The predicted molar refractivity (Wildman–Crippen MR) is 114 cm³/mol. The maximum atomic E-state index is 5.65. The molecule has 0 saturated carbocycles. The van der Waals surface area contributed by atoms with Crippen molar-refractivity contribution in [2.45, 2.75) is 31.7 Å². The maximum absolute atomic E-state index is 5.65. The zero-order valence-electron chi connectivity index (χ0n) is 17.2. The van der Waals surface area contributed by atoms with Crippen LogP contribution in [0, 0.1) is 6.92 Å². The van der Waals surface area contributed by atoms with E-state index >= 15 is 0 Å². The number of guanidine groups is 1. The number of rotatable bonds is 6. The lowest BCUT2D eigenvalue weighted by Gasteiger charge is -2.39. The molecule has 1 aliphatic heterocycles. The Labute approximate surface area is 171 Å². The van der Waals surface area contributed by atoms with Crippen LogP contribution in [0.5, 0.6) is 5.75 Å². The van der Waals surface area contributed by atoms with Crippen molar-refractivity contribution < 1.29 is 9.47 Å². The van der Waals surface area contributed by atoms with Gasteiger partial charge in [0.05, 0.1) is 24.4 Å². The number of hydrogen-bond donors (Lipinski definition) is 1. The van der Waals surface area contributed by atoms with Crippen molar-refractivity contribution >= 4 is 17.3 Å². The summed E-state index contributed by atoms with van der Waals surface area (Å²) in [6, 6.07) is 8.43. The van der Waals surface area contributed by atoms with Crippen LogP contribution in [0.1, 0.15) is 29.1 Å². The molecule has 1 aliphatic rings. The minimum absolute atomic E-state index is 0.0263. The smallest absolute Gasteiger partial charge is 0.193 e. The van der Waals surface area contributed by atoms with E-state index in [0.29, 0.717) is 0 Å². The molecule has 1 aromatic carbocycles. The van der Waals surface area contributed by atoms with Gasteiger partial charge in [-0.25, -0.2) is 4.98 Å². The predicted octanol–water partition coefficient (Wildman–Crippen LogP) is 3.22. The van der Waals surface area contributed by atoms with Gasteiger partial charge < -0.3 is 19.7 Å². The van der Waals surface area contributed by atoms with Gasteiger partial charge in [-0.2, -0.15) is 0 Å². The fourth-order valence-electron chi connectivity index (χ4n) is 3.71. The molecule has 6 nitrogen and oxygen atoms in total. The van der Waals surface area contributed by atoms with Gasteiger partial charge in [-0.3, -0.25) is 4.99 Å². The van der Waals surface area contributed by atoms with Gasteiger partial charge in [0.25, 0.3) is 0 Å². The topological polar surface area (TPSA) is 59.0 Å². The minimum Gasteiger partial charge on any atom is -0.497 e. The summed E-state index contributed by atoms with van der Waals surface area (Å²) in [7, 11) is 5.58. The van der Waals surface area contributed by atoms with Crippen molar-refractivity contribution in [3.05, 3.63) is 45.9 Å². The third-order valence-electron chi connectivity index (χ3n) is 5.38. The summed E-state index contributed by atoms with van der Waals surface area (Å²) in [4.78, 5) is 11.2. The number of aliphatic imine (C=N–C) groups is 1. The number of nitrogens with one attached hydrogen (secondary N) is 1. The quantitative estimate of drug-likeness (QED) is 0.594. The first kappa shape index (κ1) is 20.6. The van der Waals surface area contributed by atoms with Crippen LogP contribution < -0.4 is 10.1 Å². The van der Waals surface area contributed by atoms with Crippen LogP contribution in [0.3, 0.4) is 0 Å². The summed E-state index contributed by atoms with van der Waals surface area (Å²) in [5.74, 6) is 1.76. The Hall–Kier alpha value is -2.12. The van der Waals surface area contributed by atoms with Crippen molar-refractivity contribution in [2.75, 3.05) is 41.0 Å². The highest BCUT2D eigenvalue weighted by atomic mass is 32.1. The second-order valence-electron chi connectivity index (χ2n) is 7.24. The SMILES string of the molecule is CN=C(NCC1(c2ccc(OC)cc2)CCOCC1)N(C)Cc1csc(C)n1. The molecule has 2 aromatic rings. The van der Waals surface area contributed by atoms with E-state index in [4.69, 9.17) is 9.47 Å². The number of nitrogens with zero attached hydrogens (tertiary/aromatic N) is 3. The molecule has 0 unspecified atom stereocenters. The molecule has 1 saturated heterocycles. The van der Waals surface area contributed by atoms with Gasteiger partial charge >= 0.3 is 0 Å². The van der Waals surface area contributed by atoms with Gasteiger partial charge in [-0.05, 0) is 37.5 Å². The van der Waals surface area contributed by atoms with Gasteiger partial charge in [0.15, 0.2) is 5.96 Å². The summed E-state index contributed by atoms with van der Waals surface area (Å²) >= 11 is 1.68. The van der Waals surface area contributed by atoms with Crippen molar-refractivity contribution in [1.29, 1.82) is 0 Å². The third kappa shape index (κ3) is 4.83. The first-order valence-electron chi connectivity index (χ1n) is 9.61. The molecule has 0 spiro atoms. The molecule has 0 radical (unpaired) electrons. The lowest BCUT2D eigenvalue weighted by molar-refractivity contribution is 0.0512. The summed E-state index contributed by atoms with van der Waals surface area (Å²) in [6.07, 6.45) is 1.97. The van der Waals surface area contributed by atoms with E-state index in [1.807, 2.05) is 33.2 Å². The molecule has 0 aliphatic carbocycles. The summed E-state index contributed by atoms with van der Waals surface area (Å²) in [6.45, 7) is 5.14. The van der Waals surface area contributed by atoms with Crippen LogP contribution in [-0.2, 0) is 16.7 Å². The van der Waals surface area contributed by atoms with E-state index in [2.05, 4.69) is 37.7 Å². The van der Waals surface area contributed by atoms with Crippen LogP contribution in [0.4, 0.5) is 0 Å². The first-order chi connectivity index (χ1) is 13.6. The second kappa shape index (κ2) is 9.39. The first-order valence-corrected chi connectivity index (χ1v) is 10.5. The lowest BCUT2D eigenvalue weighted by Crippen LogP contribution is -2.48. The molecule has 0 atom stereocenters. The highest BCUT2D eigenvalue weighted by Gasteiger charge is 2.35. The van der Waals surface area contributed by atoms with E-state index in [1.54, 1.807) is 18.4 Å². The number of ether oxygens (including phenoxy) is 2. The van der Waals surface area contributed by atoms with E-state index in [0.717, 1.165) is 61.6 Å². The van der Waals surface area contributed by atoms with E-state index in [9.17, 15) is 0 Å². The van der Waals surface area contributed by atoms with E-state index < -0.39 is 0 Å². The minimum atomic E-state index is 0.0263. The van der Waals surface area contributed by atoms with Crippen LogP contribution in [0.15, 0.2) is 34.6 Å². The van der Waals surface area contributed by atoms with Gasteiger partial charge in [-0.15, -0.1) is 11.3 Å². The Morgan fingerprint density at radius 3 is 2.61 bits per heavy atom. The van der Waals surface area contributed by atoms with Crippen molar-refractivity contribution in [1.82, 2.24) is 15.2 Å². The highest BCUT2D eigenvalue weighted by molar-refractivity contribution is 7.09. The van der Waals surface area contributed by atoms with Crippen LogP contribution in [-0.4, -0.2) is 56.8 Å². The van der Waals surface area contributed by atoms with Gasteiger partial charge in [0, 0.05) is 44.6 Å².